The van der Waals surface area contributed by atoms with Gasteiger partial charge in [0.25, 0.3) is 0 Å². The van der Waals surface area contributed by atoms with Crippen molar-refractivity contribution in [1.29, 1.82) is 0 Å². The number of rotatable bonds is 1. The average Bonchev–Trinajstić information content (AvgIpc) is 1.89. The Balaban J connectivity index is 2.67. The van der Waals surface area contributed by atoms with Gasteiger partial charge < -0.3 is 0 Å². The monoisotopic (exact) mass is 127 g/mol. The van der Waals surface area contributed by atoms with Gasteiger partial charge in [0, 0.05) is 13.8 Å². The summed E-state index contributed by atoms with van der Waals surface area (Å²) in [4.78, 5) is 2.38. The van der Waals surface area contributed by atoms with Crippen LogP contribution >= 0.6 is 0 Å². The second-order valence-electron chi connectivity index (χ2n) is 2.58. The molecule has 1 unspecified atom stereocenters. The van der Waals surface area contributed by atoms with E-state index in [1.54, 1.807) is 0 Å². The summed E-state index contributed by atoms with van der Waals surface area (Å²) < 4.78 is 2.28. The van der Waals surface area contributed by atoms with E-state index in [9.17, 15) is 0 Å². The zero-order valence-electron chi connectivity index (χ0n) is 6.68. The fourth-order valence-electron chi connectivity index (χ4n) is 1.39. The van der Waals surface area contributed by atoms with Crippen LogP contribution in [0, 0.1) is 0 Å². The highest BCUT2D eigenvalue weighted by atomic mass is 15.4. The van der Waals surface area contributed by atoms with Gasteiger partial charge in [0.15, 0.2) is 0 Å². The third-order valence-electron chi connectivity index (χ3n) is 2.28. The van der Waals surface area contributed by atoms with Gasteiger partial charge in [-0.25, -0.2) is 9.48 Å². The van der Waals surface area contributed by atoms with Crippen LogP contribution in [0.3, 0.4) is 0 Å². The van der Waals surface area contributed by atoms with Gasteiger partial charge in [-0.05, 0) is 6.92 Å². The molecular formula is C7H15N2+. The summed E-state index contributed by atoms with van der Waals surface area (Å²) >= 11 is 0. The Hall–Kier alpha value is -0.530. The van der Waals surface area contributed by atoms with Crippen LogP contribution in [0.15, 0.2) is 0 Å². The molecule has 0 amide bonds. The van der Waals surface area contributed by atoms with E-state index in [0.29, 0.717) is 6.17 Å². The Labute approximate surface area is 56.8 Å². The van der Waals surface area contributed by atoms with Crippen LogP contribution in [-0.4, -0.2) is 35.1 Å². The van der Waals surface area contributed by atoms with Crippen LogP contribution in [0.25, 0.3) is 0 Å². The number of amidine groups is 1. The minimum atomic E-state index is 0.620. The van der Waals surface area contributed by atoms with Gasteiger partial charge in [0.1, 0.15) is 0 Å². The third kappa shape index (κ3) is 0.732. The highest BCUT2D eigenvalue weighted by molar-refractivity contribution is 5.77. The molecule has 0 aromatic heterocycles. The molecule has 0 aromatic carbocycles. The molecule has 0 radical (unpaired) electrons. The highest BCUT2D eigenvalue weighted by Gasteiger charge is 2.35. The summed E-state index contributed by atoms with van der Waals surface area (Å²) in [5.41, 5.74) is 0. The molecule has 1 atom stereocenters. The summed E-state index contributed by atoms with van der Waals surface area (Å²) in [6, 6.07) is 0. The fourth-order valence-corrected chi connectivity index (χ4v) is 1.39. The van der Waals surface area contributed by atoms with Gasteiger partial charge in [-0.2, -0.15) is 0 Å². The van der Waals surface area contributed by atoms with Crippen molar-refractivity contribution in [1.82, 2.24) is 4.90 Å². The van der Waals surface area contributed by atoms with E-state index in [4.69, 9.17) is 0 Å². The first kappa shape index (κ1) is 6.59. The molecule has 0 saturated carbocycles. The van der Waals surface area contributed by atoms with Crippen LogP contribution in [-0.2, 0) is 0 Å². The van der Waals surface area contributed by atoms with Crippen LogP contribution in [0.1, 0.15) is 20.8 Å². The molecule has 0 saturated heterocycles. The van der Waals surface area contributed by atoms with Gasteiger partial charge in [0.05, 0.1) is 13.6 Å². The van der Waals surface area contributed by atoms with E-state index in [1.165, 1.54) is 5.84 Å². The van der Waals surface area contributed by atoms with Crippen LogP contribution in [0.5, 0.6) is 0 Å². The normalized spacial score (nSPS) is 26.7. The van der Waals surface area contributed by atoms with Crippen molar-refractivity contribution < 1.29 is 4.58 Å². The zero-order valence-corrected chi connectivity index (χ0v) is 6.68. The van der Waals surface area contributed by atoms with Gasteiger partial charge in [-0.15, -0.1) is 0 Å². The maximum atomic E-state index is 2.38. The largest absolute Gasteiger partial charge is 0.250 e. The fraction of sp³-hybridized carbons (Fsp3) is 0.857. The molecule has 0 fully saturated rings. The Morgan fingerprint density at radius 2 is 2.22 bits per heavy atom. The first-order chi connectivity index (χ1) is 4.18. The smallest absolute Gasteiger partial charge is 0.229 e. The Morgan fingerprint density at radius 3 is 2.44 bits per heavy atom. The van der Waals surface area contributed by atoms with E-state index in [2.05, 4.69) is 37.3 Å². The molecule has 1 rings (SSSR count). The molecule has 2 heteroatoms. The third-order valence-corrected chi connectivity index (χ3v) is 2.28. The zero-order chi connectivity index (χ0) is 7.02. The lowest BCUT2D eigenvalue weighted by molar-refractivity contribution is -0.600. The van der Waals surface area contributed by atoms with Crippen molar-refractivity contribution in [2.75, 3.05) is 13.6 Å². The van der Waals surface area contributed by atoms with Crippen LogP contribution in [0.2, 0.25) is 0 Å². The van der Waals surface area contributed by atoms with Crippen molar-refractivity contribution in [2.45, 2.75) is 26.9 Å². The summed E-state index contributed by atoms with van der Waals surface area (Å²) in [6.07, 6.45) is 0.620. The molecule has 0 aliphatic carbocycles. The molecule has 0 aromatic rings. The Bertz CT molecular complexity index is 149. The topological polar surface area (TPSA) is 6.25 Å². The first-order valence-electron chi connectivity index (χ1n) is 3.51. The van der Waals surface area contributed by atoms with Crippen molar-refractivity contribution in [3.05, 3.63) is 0 Å². The van der Waals surface area contributed by atoms with E-state index >= 15 is 0 Å². The average molecular weight is 127 g/mol. The molecule has 1 aliphatic heterocycles. The predicted molar refractivity (Wildman–Crippen MR) is 38.7 cm³/mol. The van der Waals surface area contributed by atoms with Crippen LogP contribution < -0.4 is 0 Å². The van der Waals surface area contributed by atoms with E-state index in [1.807, 2.05) is 0 Å². The van der Waals surface area contributed by atoms with Gasteiger partial charge in [0.2, 0.25) is 12.0 Å². The molecule has 2 nitrogen and oxygen atoms in total. The Kier molecular flexibility index (Phi) is 1.47. The molecular weight excluding hydrogens is 112 g/mol. The minimum Gasteiger partial charge on any atom is -0.229 e. The number of hydrogen-bond donors (Lipinski definition) is 0. The van der Waals surface area contributed by atoms with Crippen molar-refractivity contribution in [3.8, 4) is 0 Å². The summed E-state index contributed by atoms with van der Waals surface area (Å²) in [7, 11) is 2.13. The first-order valence-corrected chi connectivity index (χ1v) is 3.51. The lowest BCUT2D eigenvalue weighted by Crippen LogP contribution is -2.57. The summed E-state index contributed by atoms with van der Waals surface area (Å²) in [5, 5.41) is 0. The molecule has 1 aliphatic rings. The lowest BCUT2D eigenvalue weighted by Gasteiger charge is -2.32. The summed E-state index contributed by atoms with van der Waals surface area (Å²) in [5.74, 6) is 1.39. The van der Waals surface area contributed by atoms with E-state index in [-0.39, 0.29) is 0 Å². The van der Waals surface area contributed by atoms with Gasteiger partial charge in [-0.1, -0.05) is 0 Å². The predicted octanol–water partition coefficient (Wildman–Crippen LogP) is 0.729. The van der Waals surface area contributed by atoms with Gasteiger partial charge in [-0.3, -0.25) is 0 Å². The van der Waals surface area contributed by atoms with Crippen LogP contribution in [0.4, 0.5) is 0 Å². The van der Waals surface area contributed by atoms with E-state index < -0.39 is 0 Å². The summed E-state index contributed by atoms with van der Waals surface area (Å²) in [6.45, 7) is 7.70. The SMILES string of the molecule is CCN1C(C)=[N+](C)C1C. The van der Waals surface area contributed by atoms with E-state index in [0.717, 1.165) is 6.54 Å². The second kappa shape index (κ2) is 2.01. The molecule has 0 N–H and O–H groups in total. The van der Waals surface area contributed by atoms with Crippen molar-refractivity contribution in [3.63, 3.8) is 0 Å². The molecule has 0 spiro atoms. The maximum Gasteiger partial charge on any atom is 0.250 e. The molecule has 9 heavy (non-hydrogen) atoms. The highest BCUT2D eigenvalue weighted by Crippen LogP contribution is 2.10. The Morgan fingerprint density at radius 1 is 1.67 bits per heavy atom. The number of nitrogens with zero attached hydrogens (tertiary/aromatic N) is 2. The maximum absolute atomic E-state index is 2.38. The lowest BCUT2D eigenvalue weighted by atomic mass is 10.3. The second-order valence-corrected chi connectivity index (χ2v) is 2.58. The standard InChI is InChI=1S/C7H15N2/c1-5-9-6(2)8(4)7(9)3/h6H,5H2,1-4H3/q+1. The van der Waals surface area contributed by atoms with Crippen molar-refractivity contribution in [2.24, 2.45) is 0 Å². The molecule has 1 heterocycles. The van der Waals surface area contributed by atoms with Gasteiger partial charge >= 0.3 is 0 Å². The van der Waals surface area contributed by atoms with Crippen molar-refractivity contribution >= 4 is 5.84 Å². The number of hydrogen-bond acceptors (Lipinski definition) is 1. The minimum absolute atomic E-state index is 0.620. The quantitative estimate of drug-likeness (QED) is 0.471. The molecule has 0 bridgehead atoms. The molecule has 52 valence electrons.